The first-order valence-electron chi connectivity index (χ1n) is 2.52. The van der Waals surface area contributed by atoms with Gasteiger partial charge in [0.2, 0.25) is 0 Å². The van der Waals surface area contributed by atoms with Crippen molar-refractivity contribution in [3.8, 4) is 0 Å². The van der Waals surface area contributed by atoms with Crippen molar-refractivity contribution >= 4 is 23.2 Å². The first kappa shape index (κ1) is 8.43. The molecule has 0 aliphatic rings. The van der Waals surface area contributed by atoms with Crippen molar-refractivity contribution in [2.75, 3.05) is 5.88 Å². The van der Waals surface area contributed by atoms with Gasteiger partial charge in [0.25, 0.3) is 5.91 Å². The Morgan fingerprint density at radius 2 is 2.22 bits per heavy atom. The standard InChI is InChI=1S/C5H9ClN2O/c1-4(2)7-8-5(9)3-6/h3H2,1-2H3,(H,8,9). The van der Waals surface area contributed by atoms with E-state index in [1.54, 1.807) is 13.8 Å². The molecule has 0 aliphatic carbocycles. The van der Waals surface area contributed by atoms with E-state index in [0.29, 0.717) is 0 Å². The second-order valence-electron chi connectivity index (χ2n) is 1.73. The van der Waals surface area contributed by atoms with Crippen LogP contribution in [-0.2, 0) is 4.79 Å². The second kappa shape index (κ2) is 4.32. The Hall–Kier alpha value is -0.570. The molecule has 0 aromatic carbocycles. The smallest absolute Gasteiger partial charge is 0.254 e. The summed E-state index contributed by atoms with van der Waals surface area (Å²) in [4.78, 5) is 10.4. The fourth-order valence-corrected chi connectivity index (χ4v) is 0.264. The van der Waals surface area contributed by atoms with Crippen LogP contribution in [0.15, 0.2) is 5.10 Å². The van der Waals surface area contributed by atoms with E-state index in [2.05, 4.69) is 10.5 Å². The first-order valence-corrected chi connectivity index (χ1v) is 3.06. The van der Waals surface area contributed by atoms with E-state index in [0.717, 1.165) is 5.71 Å². The maximum absolute atomic E-state index is 10.4. The van der Waals surface area contributed by atoms with Crippen molar-refractivity contribution in [3.63, 3.8) is 0 Å². The average molecular weight is 149 g/mol. The maximum atomic E-state index is 10.4. The molecule has 0 aromatic heterocycles. The van der Waals surface area contributed by atoms with Gasteiger partial charge in [0.05, 0.1) is 0 Å². The van der Waals surface area contributed by atoms with Crippen molar-refractivity contribution in [2.45, 2.75) is 13.8 Å². The van der Waals surface area contributed by atoms with Crippen LogP contribution in [0.5, 0.6) is 0 Å². The zero-order chi connectivity index (χ0) is 7.28. The van der Waals surface area contributed by atoms with Gasteiger partial charge in [-0.2, -0.15) is 5.10 Å². The number of nitrogens with zero attached hydrogens (tertiary/aromatic N) is 1. The molecule has 0 heterocycles. The van der Waals surface area contributed by atoms with E-state index in [4.69, 9.17) is 11.6 Å². The summed E-state index contributed by atoms with van der Waals surface area (Å²) in [5.41, 5.74) is 3.05. The largest absolute Gasteiger partial charge is 0.272 e. The number of halogens is 1. The van der Waals surface area contributed by atoms with Gasteiger partial charge < -0.3 is 0 Å². The molecule has 0 spiro atoms. The average Bonchev–Trinajstić information content (AvgIpc) is 1.83. The Kier molecular flexibility index (Phi) is 4.05. The highest BCUT2D eigenvalue weighted by atomic mass is 35.5. The van der Waals surface area contributed by atoms with Gasteiger partial charge in [0, 0.05) is 5.71 Å². The predicted octanol–water partition coefficient (Wildman–Crippen LogP) is 0.737. The van der Waals surface area contributed by atoms with Crippen LogP contribution in [0.4, 0.5) is 0 Å². The topological polar surface area (TPSA) is 41.5 Å². The molecule has 3 nitrogen and oxygen atoms in total. The molecule has 0 unspecified atom stereocenters. The lowest BCUT2D eigenvalue weighted by Crippen LogP contribution is -2.19. The normalized spacial score (nSPS) is 8.33. The summed E-state index contributed by atoms with van der Waals surface area (Å²) in [5, 5.41) is 3.63. The molecule has 0 aromatic rings. The number of carbonyl (C=O) groups excluding carboxylic acids is 1. The van der Waals surface area contributed by atoms with Crippen molar-refractivity contribution in [1.82, 2.24) is 5.43 Å². The van der Waals surface area contributed by atoms with Gasteiger partial charge in [-0.15, -0.1) is 11.6 Å². The van der Waals surface area contributed by atoms with Gasteiger partial charge in [-0.25, -0.2) is 5.43 Å². The molecule has 0 atom stereocenters. The van der Waals surface area contributed by atoms with E-state index < -0.39 is 0 Å². The number of rotatable bonds is 2. The molecular formula is C5H9ClN2O. The zero-order valence-corrected chi connectivity index (χ0v) is 6.20. The first-order chi connectivity index (χ1) is 4.16. The highest BCUT2D eigenvalue weighted by Crippen LogP contribution is 1.75. The number of nitrogens with one attached hydrogen (secondary N) is 1. The fourth-order valence-electron chi connectivity index (χ4n) is 0.204. The van der Waals surface area contributed by atoms with Crippen LogP contribution in [0.25, 0.3) is 0 Å². The Labute approximate surface area is 59.1 Å². The minimum Gasteiger partial charge on any atom is -0.272 e. The van der Waals surface area contributed by atoms with Crippen molar-refractivity contribution < 1.29 is 4.79 Å². The molecule has 0 aliphatic heterocycles. The SMILES string of the molecule is CC(C)=NNC(=O)CCl. The zero-order valence-electron chi connectivity index (χ0n) is 5.44. The lowest BCUT2D eigenvalue weighted by atomic mass is 10.5. The summed E-state index contributed by atoms with van der Waals surface area (Å²) in [7, 11) is 0. The highest BCUT2D eigenvalue weighted by Gasteiger charge is 1.92. The molecule has 0 rings (SSSR count). The fraction of sp³-hybridized carbons (Fsp3) is 0.600. The summed E-state index contributed by atoms with van der Waals surface area (Å²) in [6, 6.07) is 0. The van der Waals surface area contributed by atoms with Crippen LogP contribution >= 0.6 is 11.6 Å². The van der Waals surface area contributed by atoms with Gasteiger partial charge in [0.15, 0.2) is 0 Å². The minimum absolute atomic E-state index is 0.0449. The Bertz CT molecular complexity index is 129. The number of alkyl halides is 1. The maximum Gasteiger partial charge on any atom is 0.254 e. The summed E-state index contributed by atoms with van der Waals surface area (Å²) < 4.78 is 0. The van der Waals surface area contributed by atoms with Crippen LogP contribution in [-0.4, -0.2) is 17.5 Å². The van der Waals surface area contributed by atoms with Gasteiger partial charge in [0.1, 0.15) is 5.88 Å². The lowest BCUT2D eigenvalue weighted by molar-refractivity contribution is -0.118. The Morgan fingerprint density at radius 3 is 2.56 bits per heavy atom. The molecule has 0 bridgehead atoms. The van der Waals surface area contributed by atoms with Crippen LogP contribution in [0.3, 0.4) is 0 Å². The van der Waals surface area contributed by atoms with Crippen molar-refractivity contribution in [2.24, 2.45) is 5.10 Å². The molecule has 0 fully saturated rings. The third kappa shape index (κ3) is 5.30. The summed E-state index contributed by atoms with van der Waals surface area (Å²) in [6.07, 6.45) is 0. The van der Waals surface area contributed by atoms with E-state index in [1.165, 1.54) is 0 Å². The van der Waals surface area contributed by atoms with Gasteiger partial charge in [-0.3, -0.25) is 4.79 Å². The molecule has 9 heavy (non-hydrogen) atoms. The van der Waals surface area contributed by atoms with E-state index in [-0.39, 0.29) is 11.8 Å². The lowest BCUT2D eigenvalue weighted by Gasteiger charge is -1.92. The molecule has 0 saturated heterocycles. The van der Waals surface area contributed by atoms with Crippen molar-refractivity contribution in [3.05, 3.63) is 0 Å². The monoisotopic (exact) mass is 148 g/mol. The minimum atomic E-state index is -0.280. The Morgan fingerprint density at radius 1 is 1.67 bits per heavy atom. The van der Waals surface area contributed by atoms with E-state index in [1.807, 2.05) is 0 Å². The van der Waals surface area contributed by atoms with Crippen LogP contribution in [0.2, 0.25) is 0 Å². The van der Waals surface area contributed by atoms with Gasteiger partial charge in [-0.05, 0) is 13.8 Å². The summed E-state index contributed by atoms with van der Waals surface area (Å²) >= 11 is 5.15. The van der Waals surface area contributed by atoms with E-state index >= 15 is 0 Å². The quantitative estimate of drug-likeness (QED) is 0.350. The van der Waals surface area contributed by atoms with Crippen LogP contribution < -0.4 is 5.43 Å². The number of amides is 1. The summed E-state index contributed by atoms with van der Waals surface area (Å²) in [5.74, 6) is -0.325. The summed E-state index contributed by atoms with van der Waals surface area (Å²) in [6.45, 7) is 3.57. The van der Waals surface area contributed by atoms with Gasteiger partial charge >= 0.3 is 0 Å². The molecule has 0 radical (unpaired) electrons. The molecular weight excluding hydrogens is 140 g/mol. The molecule has 0 saturated carbocycles. The number of carbonyl (C=O) groups is 1. The number of hydrogen-bond acceptors (Lipinski definition) is 2. The Balaban J connectivity index is 3.50. The molecule has 1 N–H and O–H groups in total. The van der Waals surface area contributed by atoms with E-state index in [9.17, 15) is 4.79 Å². The highest BCUT2D eigenvalue weighted by molar-refractivity contribution is 6.27. The van der Waals surface area contributed by atoms with Gasteiger partial charge in [-0.1, -0.05) is 0 Å². The predicted molar refractivity (Wildman–Crippen MR) is 37.6 cm³/mol. The van der Waals surface area contributed by atoms with Crippen LogP contribution in [0, 0.1) is 0 Å². The third-order valence-corrected chi connectivity index (χ3v) is 0.768. The van der Waals surface area contributed by atoms with Crippen LogP contribution in [0.1, 0.15) is 13.8 Å². The third-order valence-electron chi connectivity index (χ3n) is 0.526. The number of hydrogen-bond donors (Lipinski definition) is 1. The molecule has 1 amide bonds. The number of hydrazone groups is 1. The molecule has 52 valence electrons. The van der Waals surface area contributed by atoms with Crippen molar-refractivity contribution in [1.29, 1.82) is 0 Å². The molecule has 4 heteroatoms. The second-order valence-corrected chi connectivity index (χ2v) is 1.99.